The molecule has 3 nitrogen and oxygen atoms in total. The average Bonchev–Trinajstić information content (AvgIpc) is 2.38. The summed E-state index contributed by atoms with van der Waals surface area (Å²) in [4.78, 5) is 14.0. The van der Waals surface area contributed by atoms with Gasteiger partial charge in [0.25, 0.3) is 0 Å². The van der Waals surface area contributed by atoms with Gasteiger partial charge in [0.1, 0.15) is 5.82 Å². The van der Waals surface area contributed by atoms with Gasteiger partial charge in [0, 0.05) is 18.7 Å². The van der Waals surface area contributed by atoms with Gasteiger partial charge in [-0.05, 0) is 44.1 Å². The maximum Gasteiger partial charge on any atom is 0.225 e. The van der Waals surface area contributed by atoms with Crippen molar-refractivity contribution in [3.8, 4) is 0 Å². The monoisotopic (exact) mass is 250 g/mol. The van der Waals surface area contributed by atoms with Gasteiger partial charge in [-0.3, -0.25) is 4.79 Å². The minimum atomic E-state index is -0.330. The molecular formula is C14H19FN2O. The molecule has 0 saturated carbocycles. The summed E-state index contributed by atoms with van der Waals surface area (Å²) in [6, 6.07) is 5.99. The molecule has 1 amide bonds. The second kappa shape index (κ2) is 6.50. The summed E-state index contributed by atoms with van der Waals surface area (Å²) in [5, 5.41) is 2.72. The minimum Gasteiger partial charge on any atom is -0.326 e. The fourth-order valence-electron chi connectivity index (χ4n) is 2.23. The zero-order chi connectivity index (χ0) is 12.8. The number of hydrogen-bond donors (Lipinski definition) is 1. The van der Waals surface area contributed by atoms with Gasteiger partial charge in [-0.2, -0.15) is 0 Å². The van der Waals surface area contributed by atoms with Crippen molar-refractivity contribution in [2.75, 3.05) is 25.0 Å². The summed E-state index contributed by atoms with van der Waals surface area (Å²) >= 11 is 0. The number of rotatable bonds is 4. The van der Waals surface area contributed by atoms with E-state index < -0.39 is 0 Å². The third-order valence-electron chi connectivity index (χ3n) is 3.21. The topological polar surface area (TPSA) is 32.3 Å². The number of likely N-dealkylation sites (tertiary alicyclic amines) is 1. The molecule has 1 aromatic carbocycles. The Balaban J connectivity index is 1.74. The molecule has 1 aromatic rings. The fraction of sp³-hybridized carbons (Fsp3) is 0.500. The highest BCUT2D eigenvalue weighted by Crippen LogP contribution is 2.11. The molecule has 18 heavy (non-hydrogen) atoms. The SMILES string of the molecule is O=C(CCN1CCCCC1)Nc1cccc(F)c1. The van der Waals surface area contributed by atoms with Crippen molar-refractivity contribution in [2.24, 2.45) is 0 Å². The number of piperidine rings is 1. The van der Waals surface area contributed by atoms with Crippen LogP contribution in [0.4, 0.5) is 10.1 Å². The number of carbonyl (C=O) groups is 1. The number of benzene rings is 1. The van der Waals surface area contributed by atoms with Gasteiger partial charge in [0.2, 0.25) is 5.91 Å². The first-order valence-corrected chi connectivity index (χ1v) is 6.52. The molecule has 0 bridgehead atoms. The molecule has 1 aliphatic rings. The standard InChI is InChI=1S/C14H19FN2O/c15-12-5-4-6-13(11-12)16-14(18)7-10-17-8-2-1-3-9-17/h4-6,11H,1-3,7-10H2,(H,16,18). The number of amides is 1. The molecule has 98 valence electrons. The van der Waals surface area contributed by atoms with Crippen LogP contribution in [0, 0.1) is 5.82 Å². The van der Waals surface area contributed by atoms with Crippen LogP contribution in [0.15, 0.2) is 24.3 Å². The minimum absolute atomic E-state index is 0.0498. The summed E-state index contributed by atoms with van der Waals surface area (Å²) in [6.45, 7) is 2.97. The first kappa shape index (κ1) is 13.0. The number of nitrogens with one attached hydrogen (secondary N) is 1. The van der Waals surface area contributed by atoms with Crippen LogP contribution in [0.3, 0.4) is 0 Å². The number of hydrogen-bond acceptors (Lipinski definition) is 2. The third kappa shape index (κ3) is 4.11. The van der Waals surface area contributed by atoms with Crippen LogP contribution >= 0.6 is 0 Å². The fourth-order valence-corrected chi connectivity index (χ4v) is 2.23. The van der Waals surface area contributed by atoms with E-state index in [4.69, 9.17) is 0 Å². The Morgan fingerprint density at radius 3 is 2.78 bits per heavy atom. The lowest BCUT2D eigenvalue weighted by atomic mass is 10.1. The molecule has 1 N–H and O–H groups in total. The number of halogens is 1. The van der Waals surface area contributed by atoms with E-state index in [1.807, 2.05) is 0 Å². The Labute approximate surface area is 107 Å². The molecular weight excluding hydrogens is 231 g/mol. The van der Waals surface area contributed by atoms with Crippen molar-refractivity contribution in [1.82, 2.24) is 4.90 Å². The van der Waals surface area contributed by atoms with Crippen LogP contribution in [-0.4, -0.2) is 30.4 Å². The Morgan fingerprint density at radius 1 is 1.28 bits per heavy atom. The molecule has 0 aliphatic carbocycles. The highest BCUT2D eigenvalue weighted by atomic mass is 19.1. The lowest BCUT2D eigenvalue weighted by molar-refractivity contribution is -0.116. The van der Waals surface area contributed by atoms with Crippen molar-refractivity contribution < 1.29 is 9.18 Å². The van der Waals surface area contributed by atoms with Crippen LogP contribution in [0.25, 0.3) is 0 Å². The third-order valence-corrected chi connectivity index (χ3v) is 3.21. The molecule has 1 saturated heterocycles. The first-order chi connectivity index (χ1) is 8.74. The Hall–Kier alpha value is -1.42. The largest absolute Gasteiger partial charge is 0.326 e. The molecule has 0 radical (unpaired) electrons. The summed E-state index contributed by atoms with van der Waals surface area (Å²) in [7, 11) is 0. The van der Waals surface area contributed by atoms with Crippen LogP contribution < -0.4 is 5.32 Å². The van der Waals surface area contributed by atoms with Gasteiger partial charge < -0.3 is 10.2 Å². The second-order valence-corrected chi connectivity index (χ2v) is 4.71. The summed E-state index contributed by atoms with van der Waals surface area (Å²) in [5.41, 5.74) is 0.527. The van der Waals surface area contributed by atoms with Gasteiger partial charge in [0.15, 0.2) is 0 Å². The predicted octanol–water partition coefficient (Wildman–Crippen LogP) is 2.64. The molecule has 1 aliphatic heterocycles. The number of nitrogens with zero attached hydrogens (tertiary/aromatic N) is 1. The molecule has 4 heteroatoms. The van der Waals surface area contributed by atoms with Gasteiger partial charge in [-0.15, -0.1) is 0 Å². The van der Waals surface area contributed by atoms with E-state index in [1.165, 1.54) is 31.4 Å². The smallest absolute Gasteiger partial charge is 0.225 e. The van der Waals surface area contributed by atoms with E-state index in [9.17, 15) is 9.18 Å². The molecule has 1 fully saturated rings. The van der Waals surface area contributed by atoms with E-state index in [-0.39, 0.29) is 11.7 Å². The Morgan fingerprint density at radius 2 is 2.06 bits per heavy atom. The number of carbonyl (C=O) groups excluding carboxylic acids is 1. The zero-order valence-electron chi connectivity index (χ0n) is 10.5. The van der Waals surface area contributed by atoms with Crippen LogP contribution in [0.1, 0.15) is 25.7 Å². The van der Waals surface area contributed by atoms with E-state index >= 15 is 0 Å². The molecule has 1 heterocycles. The molecule has 0 atom stereocenters. The van der Waals surface area contributed by atoms with Crippen molar-refractivity contribution >= 4 is 11.6 Å². The van der Waals surface area contributed by atoms with Crippen LogP contribution in [-0.2, 0) is 4.79 Å². The van der Waals surface area contributed by atoms with Crippen molar-refractivity contribution in [3.63, 3.8) is 0 Å². The van der Waals surface area contributed by atoms with Crippen molar-refractivity contribution in [3.05, 3.63) is 30.1 Å². The molecule has 0 spiro atoms. The maximum atomic E-state index is 12.9. The Kier molecular flexibility index (Phi) is 4.70. The van der Waals surface area contributed by atoms with Gasteiger partial charge >= 0.3 is 0 Å². The average molecular weight is 250 g/mol. The quantitative estimate of drug-likeness (QED) is 0.891. The summed E-state index contributed by atoms with van der Waals surface area (Å²) < 4.78 is 12.9. The molecule has 0 unspecified atom stereocenters. The highest BCUT2D eigenvalue weighted by molar-refractivity contribution is 5.90. The first-order valence-electron chi connectivity index (χ1n) is 6.52. The van der Waals surface area contributed by atoms with Crippen molar-refractivity contribution in [2.45, 2.75) is 25.7 Å². The van der Waals surface area contributed by atoms with Gasteiger partial charge in [-0.25, -0.2) is 4.39 Å². The van der Waals surface area contributed by atoms with E-state index in [0.29, 0.717) is 12.1 Å². The maximum absolute atomic E-state index is 12.9. The van der Waals surface area contributed by atoms with Gasteiger partial charge in [-0.1, -0.05) is 12.5 Å². The summed E-state index contributed by atoms with van der Waals surface area (Å²) in [5.74, 6) is -0.380. The van der Waals surface area contributed by atoms with Crippen LogP contribution in [0.5, 0.6) is 0 Å². The number of anilines is 1. The van der Waals surface area contributed by atoms with Crippen LogP contribution in [0.2, 0.25) is 0 Å². The summed E-state index contributed by atoms with van der Waals surface area (Å²) in [6.07, 6.45) is 4.22. The van der Waals surface area contributed by atoms with Gasteiger partial charge in [0.05, 0.1) is 0 Å². The molecule has 2 rings (SSSR count). The van der Waals surface area contributed by atoms with E-state index in [2.05, 4.69) is 10.2 Å². The zero-order valence-corrected chi connectivity index (χ0v) is 10.5. The normalized spacial score (nSPS) is 16.5. The highest BCUT2D eigenvalue weighted by Gasteiger charge is 2.11. The Bertz CT molecular complexity index is 403. The van der Waals surface area contributed by atoms with E-state index in [0.717, 1.165) is 19.6 Å². The van der Waals surface area contributed by atoms with Crippen molar-refractivity contribution in [1.29, 1.82) is 0 Å². The van der Waals surface area contributed by atoms with E-state index in [1.54, 1.807) is 12.1 Å². The lowest BCUT2D eigenvalue weighted by Gasteiger charge is -2.25. The predicted molar refractivity (Wildman–Crippen MR) is 69.9 cm³/mol. The lowest BCUT2D eigenvalue weighted by Crippen LogP contribution is -2.32. The molecule has 0 aromatic heterocycles. The second-order valence-electron chi connectivity index (χ2n) is 4.71.